The molecule has 1 heterocycles. The molecule has 1 atom stereocenters. The average Bonchev–Trinajstić information content (AvgIpc) is 2.50. The van der Waals surface area contributed by atoms with Crippen LogP contribution in [0.3, 0.4) is 0 Å². The summed E-state index contributed by atoms with van der Waals surface area (Å²) in [7, 11) is 0. The van der Waals surface area contributed by atoms with Gasteiger partial charge in [-0.15, -0.1) is 0 Å². The van der Waals surface area contributed by atoms with E-state index in [9.17, 15) is 9.59 Å². The number of benzene rings is 1. The van der Waals surface area contributed by atoms with Gasteiger partial charge in [-0.1, -0.05) is 31.5 Å². The van der Waals surface area contributed by atoms with Crippen LogP contribution in [0.15, 0.2) is 12.1 Å². The maximum absolute atomic E-state index is 12.3. The maximum atomic E-state index is 12.3. The molecule has 0 bridgehead atoms. The molecule has 0 aliphatic carbocycles. The van der Waals surface area contributed by atoms with E-state index in [1.165, 1.54) is 10.5 Å². The molecule has 0 radical (unpaired) electrons. The van der Waals surface area contributed by atoms with Crippen LogP contribution < -0.4 is 5.73 Å². The van der Waals surface area contributed by atoms with Crippen molar-refractivity contribution in [2.24, 2.45) is 11.1 Å². The van der Waals surface area contributed by atoms with E-state index >= 15 is 0 Å². The lowest BCUT2D eigenvalue weighted by Crippen LogP contribution is -2.38. The second kappa shape index (κ2) is 5.26. The van der Waals surface area contributed by atoms with Crippen molar-refractivity contribution in [2.45, 2.75) is 47.1 Å². The Kier molecular flexibility index (Phi) is 3.93. The summed E-state index contributed by atoms with van der Waals surface area (Å²) in [5.74, 6) is -0.242. The highest BCUT2D eigenvalue weighted by Gasteiger charge is 2.45. The Morgan fingerprint density at radius 1 is 1.19 bits per heavy atom. The van der Waals surface area contributed by atoms with Crippen molar-refractivity contribution in [2.75, 3.05) is 6.54 Å². The summed E-state index contributed by atoms with van der Waals surface area (Å²) in [6, 6.07) is 3.83. The number of hydrogen-bond donors (Lipinski definition) is 1. The van der Waals surface area contributed by atoms with E-state index in [0.717, 1.165) is 16.7 Å². The first-order valence-electron chi connectivity index (χ1n) is 7.31. The molecule has 0 spiro atoms. The highest BCUT2D eigenvalue weighted by Crippen LogP contribution is 2.33. The van der Waals surface area contributed by atoms with E-state index in [4.69, 9.17) is 5.73 Å². The van der Waals surface area contributed by atoms with Gasteiger partial charge in [0, 0.05) is 19.0 Å². The van der Waals surface area contributed by atoms with Gasteiger partial charge >= 0.3 is 0 Å². The van der Waals surface area contributed by atoms with Gasteiger partial charge in [0.25, 0.3) is 0 Å². The second-order valence-electron chi connectivity index (χ2n) is 6.79. The Balaban J connectivity index is 2.25. The molecule has 1 aliphatic heterocycles. The molecular formula is C17H24N2O2. The third kappa shape index (κ3) is 2.86. The number of rotatable bonds is 3. The van der Waals surface area contributed by atoms with Gasteiger partial charge in [-0.25, -0.2) is 0 Å². The number of likely N-dealkylation sites (tertiary alicyclic amines) is 1. The topological polar surface area (TPSA) is 63.4 Å². The SMILES string of the molecule is Cc1cc(C)c(C(N)CN2C(=O)CC(C)(C)C2=O)c(C)c1. The quantitative estimate of drug-likeness (QED) is 0.869. The summed E-state index contributed by atoms with van der Waals surface area (Å²) in [5.41, 5.74) is 10.1. The fourth-order valence-corrected chi connectivity index (χ4v) is 3.28. The molecular weight excluding hydrogens is 264 g/mol. The van der Waals surface area contributed by atoms with E-state index < -0.39 is 5.41 Å². The lowest BCUT2D eigenvalue weighted by atomic mass is 9.92. The lowest BCUT2D eigenvalue weighted by Gasteiger charge is -2.24. The zero-order chi connectivity index (χ0) is 15.9. The van der Waals surface area contributed by atoms with Gasteiger partial charge in [0.05, 0.1) is 5.41 Å². The molecule has 1 saturated heterocycles. The van der Waals surface area contributed by atoms with E-state index in [0.29, 0.717) is 0 Å². The standard InChI is InChI=1S/C17H24N2O2/c1-10-6-11(2)15(12(3)7-10)13(18)9-19-14(20)8-17(4,5)16(19)21/h6-7,13H,8-9,18H2,1-5H3. The number of carbonyl (C=O) groups excluding carboxylic acids is 2. The van der Waals surface area contributed by atoms with E-state index in [-0.39, 0.29) is 30.8 Å². The number of amides is 2. The van der Waals surface area contributed by atoms with Gasteiger partial charge in [0.15, 0.2) is 0 Å². The van der Waals surface area contributed by atoms with Crippen molar-refractivity contribution in [1.82, 2.24) is 4.90 Å². The van der Waals surface area contributed by atoms with E-state index in [1.54, 1.807) is 13.8 Å². The fourth-order valence-electron chi connectivity index (χ4n) is 3.28. The zero-order valence-electron chi connectivity index (χ0n) is 13.5. The Morgan fingerprint density at radius 3 is 2.14 bits per heavy atom. The van der Waals surface area contributed by atoms with Gasteiger partial charge in [-0.2, -0.15) is 0 Å². The van der Waals surface area contributed by atoms with Gasteiger partial charge in [0.1, 0.15) is 0 Å². The molecule has 1 aliphatic rings. The Morgan fingerprint density at radius 2 is 1.71 bits per heavy atom. The first-order valence-corrected chi connectivity index (χ1v) is 7.31. The van der Waals surface area contributed by atoms with Crippen LogP contribution in [0.5, 0.6) is 0 Å². The van der Waals surface area contributed by atoms with Crippen LogP contribution in [-0.4, -0.2) is 23.3 Å². The molecule has 0 aromatic heterocycles. The molecule has 4 heteroatoms. The predicted octanol–water partition coefficient (Wildman–Crippen LogP) is 2.40. The first-order chi connectivity index (χ1) is 9.63. The average molecular weight is 288 g/mol. The molecule has 21 heavy (non-hydrogen) atoms. The normalized spacial score (nSPS) is 19.2. The molecule has 1 fully saturated rings. The predicted molar refractivity (Wildman–Crippen MR) is 82.7 cm³/mol. The monoisotopic (exact) mass is 288 g/mol. The minimum Gasteiger partial charge on any atom is -0.322 e. The van der Waals surface area contributed by atoms with Gasteiger partial charge in [-0.05, 0) is 37.5 Å². The van der Waals surface area contributed by atoms with Gasteiger partial charge in [0.2, 0.25) is 11.8 Å². The first kappa shape index (κ1) is 15.7. The van der Waals surface area contributed by atoms with Crippen molar-refractivity contribution in [3.63, 3.8) is 0 Å². The van der Waals surface area contributed by atoms with Crippen LogP contribution in [0.4, 0.5) is 0 Å². The van der Waals surface area contributed by atoms with Gasteiger partial charge in [-0.3, -0.25) is 14.5 Å². The van der Waals surface area contributed by atoms with E-state index in [1.807, 2.05) is 20.8 Å². The van der Waals surface area contributed by atoms with Crippen molar-refractivity contribution >= 4 is 11.8 Å². The molecule has 4 nitrogen and oxygen atoms in total. The number of hydrogen-bond acceptors (Lipinski definition) is 3. The number of nitrogens with two attached hydrogens (primary N) is 1. The Bertz CT molecular complexity index is 582. The second-order valence-corrected chi connectivity index (χ2v) is 6.79. The van der Waals surface area contributed by atoms with Crippen LogP contribution in [0.1, 0.15) is 48.6 Å². The smallest absolute Gasteiger partial charge is 0.235 e. The summed E-state index contributed by atoms with van der Waals surface area (Å²) in [4.78, 5) is 25.6. The molecule has 2 amide bonds. The maximum Gasteiger partial charge on any atom is 0.235 e. The summed E-state index contributed by atoms with van der Waals surface area (Å²) < 4.78 is 0. The van der Waals surface area contributed by atoms with Crippen LogP contribution >= 0.6 is 0 Å². The minimum atomic E-state index is -0.603. The molecule has 2 rings (SSSR count). The molecule has 1 aromatic carbocycles. The van der Waals surface area contributed by atoms with Crippen LogP contribution in [0.25, 0.3) is 0 Å². The lowest BCUT2D eigenvalue weighted by molar-refractivity contribution is -0.141. The van der Waals surface area contributed by atoms with Crippen LogP contribution in [0, 0.1) is 26.2 Å². The third-order valence-electron chi connectivity index (χ3n) is 4.21. The highest BCUT2D eigenvalue weighted by molar-refractivity contribution is 6.05. The molecule has 1 aromatic rings. The third-order valence-corrected chi connectivity index (χ3v) is 4.21. The van der Waals surface area contributed by atoms with Gasteiger partial charge < -0.3 is 5.73 Å². The minimum absolute atomic E-state index is 0.120. The van der Waals surface area contributed by atoms with Crippen molar-refractivity contribution < 1.29 is 9.59 Å². The zero-order valence-corrected chi connectivity index (χ0v) is 13.5. The highest BCUT2D eigenvalue weighted by atomic mass is 16.2. The summed E-state index contributed by atoms with van der Waals surface area (Å²) >= 11 is 0. The Hall–Kier alpha value is -1.68. The molecule has 1 unspecified atom stereocenters. The summed E-state index contributed by atoms with van der Waals surface area (Å²) in [6.07, 6.45) is 0.268. The van der Waals surface area contributed by atoms with Crippen molar-refractivity contribution in [3.05, 3.63) is 34.4 Å². The fraction of sp³-hybridized carbons (Fsp3) is 0.529. The summed E-state index contributed by atoms with van der Waals surface area (Å²) in [6.45, 7) is 9.96. The summed E-state index contributed by atoms with van der Waals surface area (Å²) in [5, 5.41) is 0. The number of carbonyl (C=O) groups is 2. The molecule has 2 N–H and O–H groups in total. The largest absolute Gasteiger partial charge is 0.322 e. The van der Waals surface area contributed by atoms with E-state index in [2.05, 4.69) is 12.1 Å². The van der Waals surface area contributed by atoms with Crippen molar-refractivity contribution in [3.8, 4) is 0 Å². The number of nitrogens with zero attached hydrogens (tertiary/aromatic N) is 1. The van der Waals surface area contributed by atoms with Crippen molar-refractivity contribution in [1.29, 1.82) is 0 Å². The number of imide groups is 1. The molecule has 0 saturated carbocycles. The van der Waals surface area contributed by atoms with Crippen LogP contribution in [0.2, 0.25) is 0 Å². The Labute approximate surface area is 126 Å². The number of aryl methyl sites for hydroxylation is 3. The molecule has 114 valence electrons. The van der Waals surface area contributed by atoms with Crippen LogP contribution in [-0.2, 0) is 9.59 Å².